The monoisotopic (exact) mass is 333 g/mol. The third-order valence-electron chi connectivity index (χ3n) is 3.79. The number of hydrogen-bond acceptors (Lipinski definition) is 3. The van der Waals surface area contributed by atoms with Crippen molar-refractivity contribution in [2.24, 2.45) is 5.92 Å². The predicted octanol–water partition coefficient (Wildman–Crippen LogP) is 2.33. The van der Waals surface area contributed by atoms with Crippen LogP contribution in [0, 0.1) is 5.92 Å². The lowest BCUT2D eigenvalue weighted by Crippen LogP contribution is -2.40. The second kappa shape index (κ2) is 5.92. The van der Waals surface area contributed by atoms with Crippen molar-refractivity contribution >= 4 is 16.0 Å². The maximum absolute atomic E-state index is 13.3. The summed E-state index contributed by atoms with van der Waals surface area (Å²) in [6.45, 7) is 0.684. The van der Waals surface area contributed by atoms with Gasteiger partial charge in [-0.05, 0) is 25.0 Å². The van der Waals surface area contributed by atoms with Gasteiger partial charge in [-0.25, -0.2) is 21.9 Å². The van der Waals surface area contributed by atoms with E-state index in [2.05, 4.69) is 4.72 Å². The molecule has 1 fully saturated rings. The molecule has 5 nitrogen and oxygen atoms in total. The summed E-state index contributed by atoms with van der Waals surface area (Å²) < 4.78 is 53.5. The van der Waals surface area contributed by atoms with E-state index in [0.717, 1.165) is 12.1 Å². The highest BCUT2D eigenvalue weighted by atomic mass is 32.2. The van der Waals surface area contributed by atoms with E-state index in [0.29, 0.717) is 26.2 Å². The van der Waals surface area contributed by atoms with Gasteiger partial charge in [0.05, 0.1) is 10.8 Å². The van der Waals surface area contributed by atoms with Gasteiger partial charge in [0.25, 0.3) is 5.92 Å². The third-order valence-corrected chi connectivity index (χ3v) is 5.28. The minimum atomic E-state index is -4.04. The quantitative estimate of drug-likeness (QED) is 0.866. The van der Waals surface area contributed by atoms with Crippen molar-refractivity contribution in [1.29, 1.82) is 0 Å². The van der Waals surface area contributed by atoms with Crippen LogP contribution < -0.4 is 4.72 Å². The highest BCUT2D eigenvalue weighted by molar-refractivity contribution is 7.89. The molecule has 0 aromatic heterocycles. The maximum Gasteiger partial charge on any atom is 0.308 e. The zero-order chi connectivity index (χ0) is 16.5. The van der Waals surface area contributed by atoms with Crippen LogP contribution in [0.1, 0.15) is 31.7 Å². The van der Waals surface area contributed by atoms with Crippen molar-refractivity contribution in [3.63, 3.8) is 0 Å². The van der Waals surface area contributed by atoms with E-state index in [1.165, 1.54) is 12.1 Å². The number of benzene rings is 1. The van der Waals surface area contributed by atoms with Crippen LogP contribution in [0.5, 0.6) is 0 Å². The molecule has 2 N–H and O–H groups in total. The minimum absolute atomic E-state index is 0.289. The predicted molar refractivity (Wildman–Crippen MR) is 75.1 cm³/mol. The van der Waals surface area contributed by atoms with E-state index in [-0.39, 0.29) is 4.90 Å². The number of carbonyl (C=O) groups is 1. The van der Waals surface area contributed by atoms with Crippen molar-refractivity contribution in [1.82, 2.24) is 4.72 Å². The summed E-state index contributed by atoms with van der Waals surface area (Å²) in [4.78, 5) is 10.8. The van der Waals surface area contributed by atoms with E-state index in [1.54, 1.807) is 0 Å². The van der Waals surface area contributed by atoms with Crippen molar-refractivity contribution in [3.8, 4) is 0 Å². The number of carboxylic acids is 1. The Hall–Kier alpha value is -1.54. The van der Waals surface area contributed by atoms with Gasteiger partial charge >= 0.3 is 5.97 Å². The number of carboxylic acid groups (broad SMARTS) is 1. The van der Waals surface area contributed by atoms with Crippen LogP contribution in [0.3, 0.4) is 0 Å². The molecule has 0 radical (unpaired) electrons. The molecule has 0 saturated heterocycles. The van der Waals surface area contributed by atoms with E-state index in [4.69, 9.17) is 5.11 Å². The van der Waals surface area contributed by atoms with E-state index in [9.17, 15) is 22.0 Å². The molecule has 8 heteroatoms. The SMILES string of the molecule is CC(F)(F)c1cccc(S(=O)(=O)N[C@@H]2CCC[C@H]2C(=O)O)c1. The standard InChI is InChI=1S/C14H17F2NO4S/c1-14(15,16)9-4-2-5-10(8-9)22(20,21)17-12-7-3-6-11(12)13(18)19/h2,4-5,8,11-12,17H,3,6-7H2,1H3,(H,18,19)/t11-,12-/m1/s1. The second-order valence-electron chi connectivity index (χ2n) is 5.52. The van der Waals surface area contributed by atoms with Crippen molar-refractivity contribution < 1.29 is 27.1 Å². The molecular formula is C14H17F2NO4S. The number of aliphatic carboxylic acids is 1. The van der Waals surface area contributed by atoms with Gasteiger partial charge in [0.1, 0.15) is 0 Å². The molecule has 22 heavy (non-hydrogen) atoms. The van der Waals surface area contributed by atoms with Gasteiger partial charge in [0.2, 0.25) is 10.0 Å². The number of nitrogens with one attached hydrogen (secondary N) is 1. The summed E-state index contributed by atoms with van der Waals surface area (Å²) in [5, 5.41) is 9.07. The highest BCUT2D eigenvalue weighted by Gasteiger charge is 2.36. The fourth-order valence-electron chi connectivity index (χ4n) is 2.60. The van der Waals surface area contributed by atoms with Crippen molar-refractivity contribution in [2.75, 3.05) is 0 Å². The Kier molecular flexibility index (Phi) is 4.53. The molecule has 0 unspecified atom stereocenters. The maximum atomic E-state index is 13.3. The average molecular weight is 333 g/mol. The second-order valence-corrected chi connectivity index (χ2v) is 7.23. The number of rotatable bonds is 5. The van der Waals surface area contributed by atoms with Gasteiger partial charge < -0.3 is 5.11 Å². The van der Waals surface area contributed by atoms with Gasteiger partial charge in [-0.3, -0.25) is 4.79 Å². The van der Waals surface area contributed by atoms with Crippen LogP contribution in [0.25, 0.3) is 0 Å². The Labute approximate surface area is 127 Å². The normalized spacial score (nSPS) is 22.7. The Morgan fingerprint density at radius 1 is 1.36 bits per heavy atom. The first-order chi connectivity index (χ1) is 10.1. The van der Waals surface area contributed by atoms with Crippen LogP contribution in [-0.4, -0.2) is 25.5 Å². The number of sulfonamides is 1. The average Bonchev–Trinajstić information content (AvgIpc) is 2.85. The molecule has 1 aliphatic rings. The molecular weight excluding hydrogens is 316 g/mol. The van der Waals surface area contributed by atoms with Crippen molar-refractivity contribution in [3.05, 3.63) is 29.8 Å². The smallest absolute Gasteiger partial charge is 0.308 e. The van der Waals surface area contributed by atoms with Crippen LogP contribution in [0.15, 0.2) is 29.2 Å². The van der Waals surface area contributed by atoms with Crippen LogP contribution in [0.2, 0.25) is 0 Å². The first kappa shape index (κ1) is 16.8. The molecule has 1 aromatic carbocycles. The summed E-state index contributed by atoms with van der Waals surface area (Å²) in [5.74, 6) is -4.99. The molecule has 0 amide bonds. The lowest BCUT2D eigenvalue weighted by molar-refractivity contribution is -0.141. The van der Waals surface area contributed by atoms with Gasteiger partial charge in [0.15, 0.2) is 0 Å². The summed E-state index contributed by atoms with van der Waals surface area (Å²) in [7, 11) is -4.04. The molecule has 0 heterocycles. The summed E-state index contributed by atoms with van der Waals surface area (Å²) in [6, 6.07) is 3.79. The molecule has 1 saturated carbocycles. The highest BCUT2D eigenvalue weighted by Crippen LogP contribution is 2.30. The molecule has 0 aliphatic heterocycles. The Morgan fingerprint density at radius 3 is 2.64 bits per heavy atom. The van der Waals surface area contributed by atoms with Crippen LogP contribution >= 0.6 is 0 Å². The first-order valence-electron chi connectivity index (χ1n) is 6.85. The van der Waals surface area contributed by atoms with E-state index in [1.807, 2.05) is 0 Å². The van der Waals surface area contributed by atoms with Gasteiger partial charge in [-0.1, -0.05) is 18.6 Å². The summed E-state index contributed by atoms with van der Waals surface area (Å²) >= 11 is 0. The van der Waals surface area contributed by atoms with E-state index < -0.39 is 39.4 Å². The molecule has 2 rings (SSSR count). The van der Waals surface area contributed by atoms with Gasteiger partial charge in [-0.15, -0.1) is 0 Å². The fourth-order valence-corrected chi connectivity index (χ4v) is 3.96. The molecule has 1 aromatic rings. The lowest BCUT2D eigenvalue weighted by Gasteiger charge is -2.18. The van der Waals surface area contributed by atoms with Crippen molar-refractivity contribution in [2.45, 2.75) is 43.0 Å². The fraction of sp³-hybridized carbons (Fsp3) is 0.500. The topological polar surface area (TPSA) is 83.5 Å². The number of halogens is 2. The molecule has 122 valence electrons. The zero-order valence-corrected chi connectivity index (χ0v) is 12.7. The number of alkyl halides is 2. The molecule has 2 atom stereocenters. The number of hydrogen-bond donors (Lipinski definition) is 2. The zero-order valence-electron chi connectivity index (χ0n) is 11.9. The van der Waals surface area contributed by atoms with Crippen LogP contribution in [0.4, 0.5) is 8.78 Å². The summed E-state index contributed by atoms with van der Waals surface area (Å²) in [6.07, 6.45) is 1.42. The summed E-state index contributed by atoms with van der Waals surface area (Å²) in [5.41, 5.74) is -0.406. The third kappa shape index (κ3) is 3.61. The Balaban J connectivity index is 2.26. The van der Waals surface area contributed by atoms with E-state index >= 15 is 0 Å². The molecule has 0 bridgehead atoms. The lowest BCUT2D eigenvalue weighted by atomic mass is 10.1. The minimum Gasteiger partial charge on any atom is -0.481 e. The van der Waals surface area contributed by atoms with Gasteiger partial charge in [0, 0.05) is 18.5 Å². The Morgan fingerprint density at radius 2 is 2.05 bits per heavy atom. The molecule has 0 spiro atoms. The largest absolute Gasteiger partial charge is 0.481 e. The Bertz CT molecular complexity index is 670. The first-order valence-corrected chi connectivity index (χ1v) is 8.33. The van der Waals surface area contributed by atoms with Gasteiger partial charge in [-0.2, -0.15) is 0 Å². The van der Waals surface area contributed by atoms with Crippen LogP contribution in [-0.2, 0) is 20.7 Å². The molecule has 1 aliphatic carbocycles.